The Morgan fingerprint density at radius 1 is 1.27 bits per heavy atom. The van der Waals surface area contributed by atoms with Gasteiger partial charge in [0.05, 0.1) is 11.2 Å². The Hall–Kier alpha value is -1.92. The summed E-state index contributed by atoms with van der Waals surface area (Å²) in [6.45, 7) is 5.87. The van der Waals surface area contributed by atoms with Crippen molar-refractivity contribution in [3.63, 3.8) is 0 Å². The van der Waals surface area contributed by atoms with E-state index in [1.54, 1.807) is 11.3 Å². The van der Waals surface area contributed by atoms with E-state index in [2.05, 4.69) is 38.5 Å². The van der Waals surface area contributed by atoms with Crippen LogP contribution in [0.2, 0.25) is 0 Å². The fourth-order valence-corrected chi connectivity index (χ4v) is 4.79. The summed E-state index contributed by atoms with van der Waals surface area (Å²) in [4.78, 5) is 22.0. The van der Waals surface area contributed by atoms with E-state index in [1.165, 1.54) is 12.0 Å². The fourth-order valence-electron chi connectivity index (χ4n) is 4.24. The number of piperidine rings is 1. The first-order valence-electron chi connectivity index (χ1n) is 9.48. The maximum Gasteiger partial charge on any atom is 0.322 e. The Morgan fingerprint density at radius 3 is 2.96 bits per heavy atom. The molecule has 0 spiro atoms. The van der Waals surface area contributed by atoms with Crippen molar-refractivity contribution in [2.45, 2.75) is 38.8 Å². The molecule has 1 N–H and O–H groups in total. The highest BCUT2D eigenvalue weighted by atomic mass is 32.1. The van der Waals surface area contributed by atoms with Gasteiger partial charge in [-0.15, -0.1) is 11.3 Å². The lowest BCUT2D eigenvalue weighted by Gasteiger charge is -2.36. The quantitative estimate of drug-likeness (QED) is 0.890. The average Bonchev–Trinajstić information content (AvgIpc) is 3.00. The molecule has 2 atom stereocenters. The van der Waals surface area contributed by atoms with E-state index >= 15 is 0 Å². The molecule has 0 unspecified atom stereocenters. The minimum absolute atomic E-state index is 0.0520. The summed E-state index contributed by atoms with van der Waals surface area (Å²) in [5, 5.41) is 5.29. The number of carbonyl (C=O) groups excluding carboxylic acids is 1. The monoisotopic (exact) mass is 370 g/mol. The second-order valence-corrected chi connectivity index (χ2v) is 8.08. The third kappa shape index (κ3) is 3.76. The smallest absolute Gasteiger partial charge is 0.320 e. The van der Waals surface area contributed by atoms with Gasteiger partial charge in [0.2, 0.25) is 0 Å². The number of aryl methyl sites for hydroxylation is 1. The van der Waals surface area contributed by atoms with Crippen molar-refractivity contribution in [1.29, 1.82) is 0 Å². The average molecular weight is 371 g/mol. The zero-order valence-electron chi connectivity index (χ0n) is 15.2. The highest BCUT2D eigenvalue weighted by molar-refractivity contribution is 7.07. The first-order chi connectivity index (χ1) is 12.7. The summed E-state index contributed by atoms with van der Waals surface area (Å²) in [5.74, 6) is 0.555. The molecule has 0 saturated carbocycles. The van der Waals surface area contributed by atoms with Crippen LogP contribution < -0.4 is 5.32 Å². The number of aromatic nitrogens is 1. The van der Waals surface area contributed by atoms with E-state index in [1.807, 2.05) is 23.7 Å². The first kappa shape index (κ1) is 17.5. The van der Waals surface area contributed by atoms with Crippen LogP contribution in [0.3, 0.4) is 0 Å². The van der Waals surface area contributed by atoms with Gasteiger partial charge in [0.1, 0.15) is 0 Å². The normalized spacial score (nSPS) is 23.0. The standard InChI is InChI=1S/C20H26N4OS/c1-2-16-5-3-4-6-19(16)22-20(25)24-10-15-7-8-18(24)12-23(9-15)11-17-13-26-14-21-17/h3-6,13-15,18H,2,7-12H2,1H3,(H,22,25)/t15-,18+/m0/s1. The van der Waals surface area contributed by atoms with Crippen molar-refractivity contribution in [2.24, 2.45) is 5.92 Å². The van der Waals surface area contributed by atoms with Gasteiger partial charge in [-0.25, -0.2) is 9.78 Å². The van der Waals surface area contributed by atoms with Gasteiger partial charge in [0.25, 0.3) is 0 Å². The van der Waals surface area contributed by atoms with Gasteiger partial charge in [-0.1, -0.05) is 25.1 Å². The third-order valence-electron chi connectivity index (χ3n) is 5.56. The molecule has 4 heterocycles. The number of urea groups is 1. The molecule has 3 aliphatic rings. The van der Waals surface area contributed by atoms with E-state index in [9.17, 15) is 4.79 Å². The van der Waals surface area contributed by atoms with Crippen LogP contribution in [0, 0.1) is 5.92 Å². The van der Waals surface area contributed by atoms with E-state index in [4.69, 9.17) is 0 Å². The molecule has 5 nitrogen and oxygen atoms in total. The molecule has 138 valence electrons. The first-order valence-corrected chi connectivity index (χ1v) is 10.4. The van der Waals surface area contributed by atoms with Gasteiger partial charge in [-0.3, -0.25) is 4.90 Å². The number of thiazole rings is 1. The Balaban J connectivity index is 1.45. The molecular weight excluding hydrogens is 344 g/mol. The predicted octanol–water partition coefficient (Wildman–Crippen LogP) is 3.83. The molecule has 6 heteroatoms. The number of hydrogen-bond donors (Lipinski definition) is 1. The molecule has 0 radical (unpaired) electrons. The molecule has 5 rings (SSSR count). The second kappa shape index (κ2) is 7.76. The van der Waals surface area contributed by atoms with Gasteiger partial charge in [0, 0.05) is 43.3 Å². The Morgan fingerprint density at radius 2 is 2.15 bits per heavy atom. The molecule has 3 fully saturated rings. The molecule has 0 aliphatic carbocycles. The number of benzene rings is 1. The largest absolute Gasteiger partial charge is 0.322 e. The summed E-state index contributed by atoms with van der Waals surface area (Å²) < 4.78 is 0. The van der Waals surface area contributed by atoms with Crippen LogP contribution in [0.15, 0.2) is 35.2 Å². The van der Waals surface area contributed by atoms with E-state index < -0.39 is 0 Å². The minimum atomic E-state index is 0.0520. The van der Waals surface area contributed by atoms with Crippen molar-refractivity contribution >= 4 is 23.1 Å². The lowest BCUT2D eigenvalue weighted by molar-refractivity contribution is 0.151. The number of nitrogens with one attached hydrogen (secondary N) is 1. The zero-order chi connectivity index (χ0) is 17.9. The summed E-state index contributed by atoms with van der Waals surface area (Å²) in [7, 11) is 0. The number of amides is 2. The molecule has 1 aromatic heterocycles. The zero-order valence-corrected chi connectivity index (χ0v) is 16.0. The molecular formula is C20H26N4OS. The third-order valence-corrected chi connectivity index (χ3v) is 6.19. The van der Waals surface area contributed by atoms with E-state index in [-0.39, 0.29) is 6.03 Å². The van der Waals surface area contributed by atoms with Gasteiger partial charge in [-0.2, -0.15) is 0 Å². The summed E-state index contributed by atoms with van der Waals surface area (Å²) in [6, 6.07) is 8.44. The topological polar surface area (TPSA) is 48.5 Å². The van der Waals surface area contributed by atoms with E-state index in [0.717, 1.165) is 50.4 Å². The fraction of sp³-hybridized carbons (Fsp3) is 0.500. The second-order valence-electron chi connectivity index (χ2n) is 7.36. The SMILES string of the molecule is CCc1ccccc1NC(=O)N1C[C@H]2CC[C@@H]1CN(Cc1cscn1)C2. The van der Waals surface area contributed by atoms with Crippen molar-refractivity contribution in [2.75, 3.05) is 25.0 Å². The predicted molar refractivity (Wildman–Crippen MR) is 105 cm³/mol. The minimum Gasteiger partial charge on any atom is -0.320 e. The number of anilines is 1. The van der Waals surface area contributed by atoms with Crippen molar-refractivity contribution < 1.29 is 4.79 Å². The van der Waals surface area contributed by atoms with Crippen LogP contribution >= 0.6 is 11.3 Å². The highest BCUT2D eigenvalue weighted by Crippen LogP contribution is 2.29. The number of nitrogens with zero attached hydrogens (tertiary/aromatic N) is 3. The summed E-state index contributed by atoms with van der Waals surface area (Å²) in [6.07, 6.45) is 3.23. The highest BCUT2D eigenvalue weighted by Gasteiger charge is 2.37. The van der Waals surface area contributed by atoms with E-state index in [0.29, 0.717) is 12.0 Å². The number of hydrogen-bond acceptors (Lipinski definition) is 4. The molecule has 1 aromatic carbocycles. The molecule has 3 aliphatic heterocycles. The van der Waals surface area contributed by atoms with Gasteiger partial charge >= 0.3 is 6.03 Å². The maximum absolute atomic E-state index is 13.0. The Bertz CT molecular complexity index is 748. The Labute approximate surface area is 159 Å². The molecule has 2 bridgehead atoms. The van der Waals surface area contributed by atoms with Crippen LogP contribution in [0.25, 0.3) is 0 Å². The van der Waals surface area contributed by atoms with Gasteiger partial charge in [-0.05, 0) is 36.8 Å². The van der Waals surface area contributed by atoms with Crippen LogP contribution in [-0.4, -0.2) is 46.5 Å². The van der Waals surface area contributed by atoms with Crippen molar-refractivity contribution in [3.8, 4) is 0 Å². The lowest BCUT2D eigenvalue weighted by Crippen LogP contribution is -2.49. The summed E-state index contributed by atoms with van der Waals surface area (Å²) in [5.41, 5.74) is 5.17. The van der Waals surface area contributed by atoms with Crippen molar-refractivity contribution in [1.82, 2.24) is 14.8 Å². The Kier molecular flexibility index (Phi) is 5.22. The van der Waals surface area contributed by atoms with Crippen molar-refractivity contribution in [3.05, 3.63) is 46.4 Å². The summed E-state index contributed by atoms with van der Waals surface area (Å²) >= 11 is 1.65. The number of para-hydroxylation sites is 1. The van der Waals surface area contributed by atoms with Crippen LogP contribution in [0.4, 0.5) is 10.5 Å². The van der Waals surface area contributed by atoms with Crippen LogP contribution in [0.5, 0.6) is 0 Å². The van der Waals surface area contributed by atoms with Gasteiger partial charge in [0.15, 0.2) is 0 Å². The van der Waals surface area contributed by atoms with Crippen LogP contribution in [-0.2, 0) is 13.0 Å². The number of carbonyl (C=O) groups is 1. The lowest BCUT2D eigenvalue weighted by atomic mass is 9.95. The van der Waals surface area contributed by atoms with Crippen LogP contribution in [0.1, 0.15) is 31.0 Å². The molecule has 26 heavy (non-hydrogen) atoms. The van der Waals surface area contributed by atoms with Gasteiger partial charge < -0.3 is 10.2 Å². The maximum atomic E-state index is 13.0. The number of rotatable bonds is 4. The number of fused-ring (bicyclic) bond motifs is 4. The molecule has 2 amide bonds. The molecule has 2 aromatic rings. The molecule has 3 saturated heterocycles.